The molecule has 0 amide bonds. The maximum absolute atomic E-state index is 13.6. The van der Waals surface area contributed by atoms with Gasteiger partial charge in [-0.1, -0.05) is 48.5 Å². The van der Waals surface area contributed by atoms with Crippen LogP contribution in [0.3, 0.4) is 0 Å². The molecule has 0 bridgehead atoms. The van der Waals surface area contributed by atoms with E-state index in [-0.39, 0.29) is 11.4 Å². The summed E-state index contributed by atoms with van der Waals surface area (Å²) >= 11 is 0. The van der Waals surface area contributed by atoms with Crippen LogP contribution in [0.15, 0.2) is 77.6 Å². The zero-order valence-electron chi connectivity index (χ0n) is 22.7. The summed E-state index contributed by atoms with van der Waals surface area (Å²) in [7, 11) is 0. The van der Waals surface area contributed by atoms with Crippen molar-refractivity contribution in [2.24, 2.45) is 0 Å². The van der Waals surface area contributed by atoms with Gasteiger partial charge in [0.2, 0.25) is 0 Å². The van der Waals surface area contributed by atoms with Crippen LogP contribution in [0.5, 0.6) is 0 Å². The van der Waals surface area contributed by atoms with Gasteiger partial charge >= 0.3 is 0 Å². The fourth-order valence-electron chi connectivity index (χ4n) is 5.70. The number of piperazine rings is 1. The number of fused-ring (bicyclic) bond motifs is 1. The molecule has 1 aliphatic rings. The molecule has 1 aliphatic heterocycles. The molecule has 1 saturated heterocycles. The van der Waals surface area contributed by atoms with E-state index in [4.69, 9.17) is 0 Å². The first-order chi connectivity index (χ1) is 19.4. The Morgan fingerprint density at radius 2 is 1.62 bits per heavy atom. The minimum atomic E-state index is -0.442. The van der Waals surface area contributed by atoms with Crippen LogP contribution in [0.1, 0.15) is 39.7 Å². The van der Waals surface area contributed by atoms with Gasteiger partial charge in [-0.2, -0.15) is 0 Å². The predicted molar refractivity (Wildman–Crippen MR) is 152 cm³/mol. The highest BCUT2D eigenvalue weighted by molar-refractivity contribution is 5.83. The van der Waals surface area contributed by atoms with E-state index in [0.717, 1.165) is 60.3 Å². The summed E-state index contributed by atoms with van der Waals surface area (Å²) < 4.78 is 15.3. The molecule has 2 aromatic heterocycles. The highest BCUT2D eigenvalue weighted by Gasteiger charge is 2.33. The number of aromatic amines is 1. The van der Waals surface area contributed by atoms with Crippen LogP contribution < -0.4 is 5.56 Å². The van der Waals surface area contributed by atoms with Gasteiger partial charge in [0.25, 0.3) is 5.56 Å². The summed E-state index contributed by atoms with van der Waals surface area (Å²) in [6.45, 7) is 8.57. The van der Waals surface area contributed by atoms with E-state index in [1.54, 1.807) is 16.8 Å². The molecular formula is C31H32FN7O. The minimum Gasteiger partial charge on any atom is -0.322 e. The Bertz CT molecular complexity index is 1670. The van der Waals surface area contributed by atoms with E-state index in [0.29, 0.717) is 17.9 Å². The molecule has 0 radical (unpaired) electrons. The van der Waals surface area contributed by atoms with E-state index in [9.17, 15) is 9.18 Å². The summed E-state index contributed by atoms with van der Waals surface area (Å²) in [5.74, 6) is 0.302. The number of nitrogens with one attached hydrogen (secondary N) is 1. The molecule has 1 fully saturated rings. The molecule has 1 N–H and O–H groups in total. The number of rotatable bonds is 7. The molecule has 0 aliphatic carbocycles. The smallest absolute Gasteiger partial charge is 0.253 e. The van der Waals surface area contributed by atoms with Crippen LogP contribution in [0, 0.1) is 19.7 Å². The quantitative estimate of drug-likeness (QED) is 0.335. The zero-order valence-corrected chi connectivity index (χ0v) is 22.7. The number of pyridine rings is 1. The van der Waals surface area contributed by atoms with Crippen molar-refractivity contribution < 1.29 is 4.39 Å². The molecule has 1 atom stereocenters. The van der Waals surface area contributed by atoms with Gasteiger partial charge in [-0.3, -0.25) is 14.6 Å². The van der Waals surface area contributed by atoms with Crippen LogP contribution in [0.2, 0.25) is 0 Å². The average Bonchev–Trinajstić information content (AvgIpc) is 3.39. The number of hydrogen-bond acceptors (Lipinski definition) is 6. The van der Waals surface area contributed by atoms with Gasteiger partial charge in [0.1, 0.15) is 11.9 Å². The largest absolute Gasteiger partial charge is 0.322 e. The Morgan fingerprint density at radius 1 is 0.900 bits per heavy atom. The molecule has 0 saturated carbocycles. The Labute approximate surface area is 232 Å². The SMILES string of the molecule is Cc1cc(C)c2cc([C@H](c3nnnn3Cc3ccc(F)cc3)N3CCN(Cc4ccccc4)CC3)c(=O)[nH]c2c1. The van der Waals surface area contributed by atoms with Gasteiger partial charge in [0.05, 0.1) is 6.54 Å². The standard InChI is InChI=1S/C31H32FN7O/c1-21-16-22(2)26-18-27(31(40)33-28(26)17-21)29(30-34-35-36-39(30)20-24-8-10-25(32)11-9-24)38-14-12-37(13-15-38)19-23-6-4-3-5-7-23/h3-11,16-18,29H,12-15,19-20H2,1-2H3,(H,33,40)/t29-/m1/s1. The molecular weight excluding hydrogens is 505 g/mol. The summed E-state index contributed by atoms with van der Waals surface area (Å²) in [5, 5.41) is 13.7. The number of nitrogens with zero attached hydrogens (tertiary/aromatic N) is 6. The Hall–Kier alpha value is -4.21. The van der Waals surface area contributed by atoms with Crippen molar-refractivity contribution in [3.63, 3.8) is 0 Å². The molecule has 204 valence electrons. The van der Waals surface area contributed by atoms with Crippen molar-refractivity contribution in [3.05, 3.63) is 123 Å². The number of aryl methyl sites for hydroxylation is 2. The first-order valence-electron chi connectivity index (χ1n) is 13.6. The maximum Gasteiger partial charge on any atom is 0.253 e. The number of benzene rings is 3. The number of halogens is 1. The third-order valence-electron chi connectivity index (χ3n) is 7.71. The topological polar surface area (TPSA) is 82.9 Å². The van der Waals surface area contributed by atoms with E-state index in [1.165, 1.54) is 17.7 Å². The molecule has 9 heteroatoms. The van der Waals surface area contributed by atoms with Gasteiger partial charge in [-0.25, -0.2) is 9.07 Å². The highest BCUT2D eigenvalue weighted by Crippen LogP contribution is 2.29. The number of tetrazole rings is 1. The van der Waals surface area contributed by atoms with Gasteiger partial charge < -0.3 is 4.98 Å². The summed E-state index contributed by atoms with van der Waals surface area (Å²) in [6.07, 6.45) is 0. The molecule has 40 heavy (non-hydrogen) atoms. The van der Waals surface area contributed by atoms with Gasteiger partial charge in [0, 0.05) is 49.2 Å². The molecule has 8 nitrogen and oxygen atoms in total. The summed E-state index contributed by atoms with van der Waals surface area (Å²) in [6, 6.07) is 22.5. The third kappa shape index (κ3) is 5.43. The number of hydrogen-bond donors (Lipinski definition) is 1. The molecule has 0 unspecified atom stereocenters. The first kappa shape index (κ1) is 26.0. The number of aromatic nitrogens is 5. The van der Waals surface area contributed by atoms with Crippen molar-refractivity contribution in [2.45, 2.75) is 33.0 Å². The van der Waals surface area contributed by atoms with Gasteiger partial charge in [0.15, 0.2) is 5.82 Å². The first-order valence-corrected chi connectivity index (χ1v) is 13.6. The lowest BCUT2D eigenvalue weighted by Gasteiger charge is -2.38. The fourth-order valence-corrected chi connectivity index (χ4v) is 5.70. The molecule has 0 spiro atoms. The van der Waals surface area contributed by atoms with Crippen LogP contribution >= 0.6 is 0 Å². The molecule has 3 aromatic carbocycles. The highest BCUT2D eigenvalue weighted by atomic mass is 19.1. The van der Waals surface area contributed by atoms with E-state index in [1.807, 2.05) is 25.1 Å². The van der Waals surface area contributed by atoms with E-state index >= 15 is 0 Å². The van der Waals surface area contributed by atoms with Crippen molar-refractivity contribution in [3.8, 4) is 0 Å². The lowest BCUT2D eigenvalue weighted by Crippen LogP contribution is -2.48. The minimum absolute atomic E-state index is 0.148. The number of H-pyrrole nitrogens is 1. The normalized spacial score (nSPS) is 15.5. The lowest BCUT2D eigenvalue weighted by molar-refractivity contribution is 0.0998. The maximum atomic E-state index is 13.6. The Morgan fingerprint density at radius 3 is 2.38 bits per heavy atom. The second-order valence-electron chi connectivity index (χ2n) is 10.6. The Balaban J connectivity index is 1.37. The van der Waals surface area contributed by atoms with E-state index < -0.39 is 6.04 Å². The molecule has 5 aromatic rings. The second kappa shape index (κ2) is 11.1. The van der Waals surface area contributed by atoms with Crippen molar-refractivity contribution in [2.75, 3.05) is 26.2 Å². The van der Waals surface area contributed by atoms with Crippen LogP contribution in [0.4, 0.5) is 4.39 Å². The zero-order chi connectivity index (χ0) is 27.6. The van der Waals surface area contributed by atoms with Crippen LogP contribution in [-0.4, -0.2) is 61.2 Å². The van der Waals surface area contributed by atoms with Gasteiger partial charge in [-0.05, 0) is 70.8 Å². The van der Waals surface area contributed by atoms with E-state index in [2.05, 4.69) is 67.6 Å². The third-order valence-corrected chi connectivity index (χ3v) is 7.71. The van der Waals surface area contributed by atoms with Crippen LogP contribution in [0.25, 0.3) is 10.9 Å². The van der Waals surface area contributed by atoms with Crippen molar-refractivity contribution >= 4 is 10.9 Å². The lowest BCUT2D eigenvalue weighted by atomic mass is 9.99. The average molecular weight is 538 g/mol. The molecule has 6 rings (SSSR count). The second-order valence-corrected chi connectivity index (χ2v) is 10.6. The predicted octanol–water partition coefficient (Wildman–Crippen LogP) is 4.23. The Kier molecular flexibility index (Phi) is 7.23. The van der Waals surface area contributed by atoms with Crippen LogP contribution in [-0.2, 0) is 13.1 Å². The summed E-state index contributed by atoms with van der Waals surface area (Å²) in [5.41, 5.74) is 5.65. The fraction of sp³-hybridized carbons (Fsp3) is 0.290. The van der Waals surface area contributed by atoms with Crippen molar-refractivity contribution in [1.82, 2.24) is 35.0 Å². The molecule has 3 heterocycles. The van der Waals surface area contributed by atoms with Gasteiger partial charge in [-0.15, -0.1) is 5.10 Å². The monoisotopic (exact) mass is 537 g/mol. The van der Waals surface area contributed by atoms with Crippen molar-refractivity contribution in [1.29, 1.82) is 0 Å². The summed E-state index contributed by atoms with van der Waals surface area (Å²) in [4.78, 5) is 21.5.